The van der Waals surface area contributed by atoms with E-state index in [1.807, 2.05) is 0 Å². The van der Waals surface area contributed by atoms with Gasteiger partial charge in [0.1, 0.15) is 0 Å². The third-order valence-electron chi connectivity index (χ3n) is 1.30. The zero-order valence-electron chi connectivity index (χ0n) is 8.28. The lowest BCUT2D eigenvalue weighted by molar-refractivity contribution is -0.117. The molecule has 6 nitrogen and oxygen atoms in total. The topological polar surface area (TPSA) is 95.7 Å². The maximum atomic E-state index is 11.0. The van der Waals surface area contributed by atoms with Crippen molar-refractivity contribution in [3.05, 3.63) is 11.6 Å². The molecule has 0 aromatic carbocycles. The molecule has 0 aromatic rings. The highest BCUT2D eigenvalue weighted by atomic mass is 16.5. The predicted molar refractivity (Wildman–Crippen MR) is 50.5 cm³/mol. The van der Waals surface area contributed by atoms with Crippen LogP contribution in [0, 0.1) is 0 Å². The predicted octanol–water partition coefficient (Wildman–Crippen LogP) is -0.161. The van der Waals surface area contributed by atoms with Crippen LogP contribution in [0.3, 0.4) is 0 Å². The molecule has 0 atom stereocenters. The Hall–Kier alpha value is -1.56. The van der Waals surface area contributed by atoms with Gasteiger partial charge in [-0.3, -0.25) is 10.0 Å². The SMILES string of the molecule is CC(C)=CC(=O)NCCN(O)C(N)=O. The van der Waals surface area contributed by atoms with Gasteiger partial charge in [0.15, 0.2) is 0 Å². The molecule has 0 aliphatic rings. The Balaban J connectivity index is 3.70. The number of carbonyl (C=O) groups is 2. The van der Waals surface area contributed by atoms with Crippen LogP contribution < -0.4 is 11.1 Å². The number of allylic oxidation sites excluding steroid dienone is 1. The molecule has 0 heterocycles. The number of amides is 3. The molecule has 0 aromatic heterocycles. The Morgan fingerprint density at radius 3 is 2.50 bits per heavy atom. The third kappa shape index (κ3) is 6.01. The molecule has 14 heavy (non-hydrogen) atoms. The number of primary amides is 1. The number of carbonyl (C=O) groups excluding carboxylic acids is 2. The quantitative estimate of drug-likeness (QED) is 0.335. The van der Waals surface area contributed by atoms with Crippen LogP contribution in [0.15, 0.2) is 11.6 Å². The fourth-order valence-electron chi connectivity index (χ4n) is 0.708. The van der Waals surface area contributed by atoms with Gasteiger partial charge in [-0.2, -0.15) is 0 Å². The first kappa shape index (κ1) is 12.4. The first-order valence-electron chi connectivity index (χ1n) is 4.12. The Bertz CT molecular complexity index is 246. The van der Waals surface area contributed by atoms with Gasteiger partial charge in [-0.15, -0.1) is 0 Å². The van der Waals surface area contributed by atoms with Crippen LogP contribution in [0.2, 0.25) is 0 Å². The summed E-state index contributed by atoms with van der Waals surface area (Å²) in [7, 11) is 0. The first-order valence-corrected chi connectivity index (χ1v) is 4.12. The van der Waals surface area contributed by atoms with Gasteiger partial charge in [-0.1, -0.05) is 5.57 Å². The summed E-state index contributed by atoms with van der Waals surface area (Å²) in [6.07, 6.45) is 1.42. The normalized spacial score (nSPS) is 9.07. The zero-order valence-corrected chi connectivity index (χ0v) is 8.28. The number of nitrogens with two attached hydrogens (primary N) is 1. The fraction of sp³-hybridized carbons (Fsp3) is 0.500. The van der Waals surface area contributed by atoms with Gasteiger partial charge >= 0.3 is 6.03 Å². The summed E-state index contributed by atoms with van der Waals surface area (Å²) in [6.45, 7) is 3.71. The highest BCUT2D eigenvalue weighted by molar-refractivity contribution is 5.88. The summed E-state index contributed by atoms with van der Waals surface area (Å²) in [6, 6.07) is -0.943. The van der Waals surface area contributed by atoms with E-state index in [0.717, 1.165) is 5.57 Å². The van der Waals surface area contributed by atoms with Crippen LogP contribution in [0.4, 0.5) is 4.79 Å². The van der Waals surface area contributed by atoms with Crippen LogP contribution in [-0.4, -0.2) is 35.3 Å². The van der Waals surface area contributed by atoms with E-state index in [1.165, 1.54) is 6.08 Å². The van der Waals surface area contributed by atoms with Gasteiger partial charge in [-0.05, 0) is 13.8 Å². The smallest absolute Gasteiger partial charge is 0.338 e. The zero-order chi connectivity index (χ0) is 11.1. The summed E-state index contributed by atoms with van der Waals surface area (Å²) in [5, 5.41) is 11.6. The molecule has 80 valence electrons. The number of urea groups is 1. The number of rotatable bonds is 4. The average molecular weight is 201 g/mol. The van der Waals surface area contributed by atoms with E-state index in [-0.39, 0.29) is 19.0 Å². The molecular weight excluding hydrogens is 186 g/mol. The van der Waals surface area contributed by atoms with Gasteiger partial charge in [0.2, 0.25) is 5.91 Å². The van der Waals surface area contributed by atoms with Gasteiger partial charge in [-0.25, -0.2) is 9.86 Å². The molecule has 0 unspecified atom stereocenters. The highest BCUT2D eigenvalue weighted by Crippen LogP contribution is 1.87. The third-order valence-corrected chi connectivity index (χ3v) is 1.30. The van der Waals surface area contributed by atoms with Crippen molar-refractivity contribution in [2.45, 2.75) is 13.8 Å². The van der Waals surface area contributed by atoms with Crippen molar-refractivity contribution < 1.29 is 14.8 Å². The molecule has 4 N–H and O–H groups in total. The van der Waals surface area contributed by atoms with Crippen LogP contribution in [0.5, 0.6) is 0 Å². The Labute approximate surface area is 82.3 Å². The van der Waals surface area contributed by atoms with Crippen molar-refractivity contribution in [1.29, 1.82) is 0 Å². The lowest BCUT2D eigenvalue weighted by Crippen LogP contribution is -2.38. The second kappa shape index (κ2) is 5.98. The summed E-state index contributed by atoms with van der Waals surface area (Å²) in [5.74, 6) is -0.261. The van der Waals surface area contributed by atoms with Gasteiger partial charge in [0.05, 0.1) is 6.54 Å². The standard InChI is InChI=1S/C8H15N3O3/c1-6(2)5-7(12)10-3-4-11(14)8(9)13/h5,14H,3-4H2,1-2H3,(H2,9,13)(H,10,12). The minimum absolute atomic E-state index is 0.0301. The lowest BCUT2D eigenvalue weighted by atomic mass is 10.3. The van der Waals surface area contributed by atoms with Crippen molar-refractivity contribution in [2.75, 3.05) is 13.1 Å². The van der Waals surface area contributed by atoms with Crippen molar-refractivity contribution >= 4 is 11.9 Å². The largest absolute Gasteiger partial charge is 0.351 e. The molecule has 3 amide bonds. The molecule has 0 spiro atoms. The molecule has 0 saturated heterocycles. The fourth-order valence-corrected chi connectivity index (χ4v) is 0.708. The molecule has 0 radical (unpaired) electrons. The van der Waals surface area contributed by atoms with Crippen molar-refractivity contribution in [2.24, 2.45) is 5.73 Å². The highest BCUT2D eigenvalue weighted by Gasteiger charge is 2.04. The van der Waals surface area contributed by atoms with Crippen LogP contribution in [-0.2, 0) is 4.79 Å². The van der Waals surface area contributed by atoms with E-state index in [2.05, 4.69) is 5.32 Å². The number of hydroxylamine groups is 2. The average Bonchev–Trinajstić information content (AvgIpc) is 2.02. The second-order valence-electron chi connectivity index (χ2n) is 2.97. The van der Waals surface area contributed by atoms with E-state index in [1.54, 1.807) is 13.8 Å². The molecule has 0 bridgehead atoms. The second-order valence-corrected chi connectivity index (χ2v) is 2.97. The number of nitrogens with zero attached hydrogens (tertiary/aromatic N) is 1. The summed E-state index contributed by atoms with van der Waals surface area (Å²) >= 11 is 0. The summed E-state index contributed by atoms with van der Waals surface area (Å²) in [4.78, 5) is 21.3. The van der Waals surface area contributed by atoms with Crippen LogP contribution in [0.25, 0.3) is 0 Å². The van der Waals surface area contributed by atoms with Crippen LogP contribution >= 0.6 is 0 Å². The lowest BCUT2D eigenvalue weighted by Gasteiger charge is -2.11. The van der Waals surface area contributed by atoms with E-state index in [9.17, 15) is 9.59 Å². The van der Waals surface area contributed by atoms with Crippen molar-refractivity contribution in [3.8, 4) is 0 Å². The molecule has 0 aliphatic carbocycles. The van der Waals surface area contributed by atoms with Gasteiger partial charge < -0.3 is 11.1 Å². The Morgan fingerprint density at radius 2 is 2.07 bits per heavy atom. The van der Waals surface area contributed by atoms with E-state index >= 15 is 0 Å². The van der Waals surface area contributed by atoms with E-state index in [0.29, 0.717) is 5.06 Å². The van der Waals surface area contributed by atoms with Crippen LogP contribution in [0.1, 0.15) is 13.8 Å². The van der Waals surface area contributed by atoms with Gasteiger partial charge in [0.25, 0.3) is 0 Å². The van der Waals surface area contributed by atoms with Gasteiger partial charge in [0, 0.05) is 12.6 Å². The molecule has 0 fully saturated rings. The molecule has 0 saturated carbocycles. The molecule has 0 rings (SSSR count). The molecule has 0 aliphatic heterocycles. The monoisotopic (exact) mass is 201 g/mol. The first-order chi connectivity index (χ1) is 6.43. The van der Waals surface area contributed by atoms with E-state index < -0.39 is 6.03 Å². The maximum absolute atomic E-state index is 11.0. The molecule has 6 heteroatoms. The maximum Gasteiger partial charge on any atom is 0.338 e. The number of hydrogen-bond donors (Lipinski definition) is 3. The summed E-state index contributed by atoms with van der Waals surface area (Å²) < 4.78 is 0. The van der Waals surface area contributed by atoms with Crippen molar-refractivity contribution in [1.82, 2.24) is 10.4 Å². The minimum Gasteiger partial charge on any atom is -0.351 e. The van der Waals surface area contributed by atoms with E-state index in [4.69, 9.17) is 10.9 Å². The Morgan fingerprint density at radius 1 is 1.50 bits per heavy atom. The Kier molecular flexibility index (Phi) is 5.31. The number of hydrogen-bond acceptors (Lipinski definition) is 3. The minimum atomic E-state index is -0.943. The number of nitrogens with one attached hydrogen (secondary N) is 1. The molecular formula is C8H15N3O3. The van der Waals surface area contributed by atoms with Crippen molar-refractivity contribution in [3.63, 3.8) is 0 Å². The summed E-state index contributed by atoms with van der Waals surface area (Å²) in [5.41, 5.74) is 5.62.